The molecule has 14 heteroatoms. The number of benzene rings is 3. The van der Waals surface area contributed by atoms with E-state index in [1.807, 2.05) is 12.1 Å². The van der Waals surface area contributed by atoms with E-state index in [1.165, 1.54) is 84.3 Å². The van der Waals surface area contributed by atoms with Crippen molar-refractivity contribution >= 4 is 46.8 Å². The molecule has 0 aliphatic carbocycles. The number of rotatable bonds is 8. The molecule has 4 aromatic rings. The van der Waals surface area contributed by atoms with E-state index in [2.05, 4.69) is 36.7 Å². The van der Waals surface area contributed by atoms with Gasteiger partial charge in [-0.2, -0.15) is 4.68 Å². The fourth-order valence-electron chi connectivity index (χ4n) is 7.39. The normalized spacial score (nSPS) is 18.4. The average Bonchev–Trinajstić information content (AvgIpc) is 3.88. The van der Waals surface area contributed by atoms with Crippen LogP contribution in [0.3, 0.4) is 0 Å². The van der Waals surface area contributed by atoms with Gasteiger partial charge < -0.3 is 25.1 Å². The Morgan fingerprint density at radius 3 is 2.40 bits per heavy atom. The van der Waals surface area contributed by atoms with Gasteiger partial charge in [0.05, 0.1) is 16.3 Å². The molecule has 2 saturated heterocycles. The lowest BCUT2D eigenvalue weighted by atomic mass is 9.89. The van der Waals surface area contributed by atoms with Gasteiger partial charge in [0.1, 0.15) is 12.4 Å². The summed E-state index contributed by atoms with van der Waals surface area (Å²) in [5, 5.41) is 23.2. The van der Waals surface area contributed by atoms with Gasteiger partial charge in [0.2, 0.25) is 5.91 Å². The number of carbonyl (C=O) groups is 3. The first kappa shape index (κ1) is 33.4. The summed E-state index contributed by atoms with van der Waals surface area (Å²) in [6, 6.07) is 14.2. The number of amides is 2. The Hall–Kier alpha value is -5.14. The second-order valence-electron chi connectivity index (χ2n) is 12.7. The number of hydrogen-bond acceptors (Lipinski definition) is 8. The summed E-state index contributed by atoms with van der Waals surface area (Å²) in [4.78, 5) is 46.0. The minimum atomic E-state index is -1.08. The fraction of sp³-hybridized carbons (Fsp3) is 0.333. The summed E-state index contributed by atoms with van der Waals surface area (Å²) in [5.41, 5.74) is 3.56. The molecule has 12 nitrogen and oxygen atoms in total. The zero-order valence-electron chi connectivity index (χ0n) is 27.2. The summed E-state index contributed by atoms with van der Waals surface area (Å²) < 4.78 is 16.6. The van der Waals surface area contributed by atoms with Gasteiger partial charge in [-0.25, -0.2) is 9.18 Å². The summed E-state index contributed by atoms with van der Waals surface area (Å²) in [5.74, 6) is -2.78. The Morgan fingerprint density at radius 2 is 1.70 bits per heavy atom. The van der Waals surface area contributed by atoms with Gasteiger partial charge in [0.15, 0.2) is 5.82 Å². The van der Waals surface area contributed by atoms with Crippen LogP contribution in [0.5, 0.6) is 0 Å². The van der Waals surface area contributed by atoms with Crippen molar-refractivity contribution in [3.05, 3.63) is 100 Å². The number of hydrogen-bond donors (Lipinski definition) is 2. The Kier molecular flexibility index (Phi) is 9.59. The van der Waals surface area contributed by atoms with Gasteiger partial charge in [-0.1, -0.05) is 23.7 Å². The molecule has 7 rings (SSSR count). The van der Waals surface area contributed by atoms with E-state index in [9.17, 15) is 19.5 Å². The molecule has 2 amide bonds. The van der Waals surface area contributed by atoms with Crippen molar-refractivity contribution in [2.45, 2.75) is 44.2 Å². The van der Waals surface area contributed by atoms with E-state index in [4.69, 9.17) is 11.6 Å². The highest BCUT2D eigenvalue weighted by molar-refractivity contribution is 6.31. The first-order valence-corrected chi connectivity index (χ1v) is 17.1. The van der Waals surface area contributed by atoms with Crippen LogP contribution in [0, 0.1) is 5.82 Å². The maximum absolute atomic E-state index is 15.3. The fourth-order valence-corrected chi connectivity index (χ4v) is 7.55. The molecule has 0 bridgehead atoms. The van der Waals surface area contributed by atoms with Crippen LogP contribution in [0.1, 0.15) is 58.8 Å². The molecule has 258 valence electrons. The molecule has 2 fully saturated rings. The van der Waals surface area contributed by atoms with Crippen LogP contribution in [0.2, 0.25) is 5.02 Å². The molecule has 0 spiro atoms. The lowest BCUT2D eigenvalue weighted by Crippen LogP contribution is -2.46. The molecule has 1 atom stereocenters. The van der Waals surface area contributed by atoms with Crippen LogP contribution < -0.4 is 10.2 Å². The van der Waals surface area contributed by atoms with E-state index >= 15 is 4.39 Å². The number of piperidine rings is 1. The van der Waals surface area contributed by atoms with Crippen LogP contribution in [-0.4, -0.2) is 91.7 Å². The lowest BCUT2D eigenvalue weighted by Gasteiger charge is -2.41. The number of tetrazole rings is 1. The van der Waals surface area contributed by atoms with Crippen LogP contribution >= 0.6 is 11.6 Å². The van der Waals surface area contributed by atoms with Crippen LogP contribution in [-0.2, 0) is 16.0 Å². The van der Waals surface area contributed by atoms with E-state index < -0.39 is 29.6 Å². The number of aromatic nitrogens is 4. The maximum atomic E-state index is 15.3. The number of carbonyl (C=O) groups excluding carboxylic acids is 2. The van der Waals surface area contributed by atoms with Gasteiger partial charge in [-0.05, 0) is 115 Å². The zero-order valence-corrected chi connectivity index (χ0v) is 28.0. The predicted molar refractivity (Wildman–Crippen MR) is 186 cm³/mol. The third-order valence-electron chi connectivity index (χ3n) is 9.89. The van der Waals surface area contributed by atoms with Crippen molar-refractivity contribution in [1.82, 2.24) is 30.0 Å². The van der Waals surface area contributed by atoms with Crippen LogP contribution in [0.4, 0.5) is 15.8 Å². The largest absolute Gasteiger partial charge is 0.478 e. The summed E-state index contributed by atoms with van der Waals surface area (Å²) in [6.07, 6.45) is 9.04. The molecule has 3 aliphatic heterocycles. The second kappa shape index (κ2) is 14.4. The highest BCUT2D eigenvalue weighted by atomic mass is 35.5. The SMILES string of the molecule is O=C(O)c1ccc(NC(=O)C2c3cccc(N4CCC(N5CCCC5)CC4)c3CCN2C(=O)/C=C/c2c(-n3cnnn3)ccc(Cl)c2F)cc1. The standard InChI is InChI=1S/C36H36ClFN8O4/c37-29-11-12-31(46-22-39-41-42-46)28(33(29)38)10-13-32(47)45-21-16-26-27(34(45)35(48)40-24-8-6-23(7-9-24)36(49)50)4-3-5-30(26)44-19-14-25(15-20-44)43-17-1-2-18-43/h3-13,22,25,34H,1-2,14-21H2,(H,40,48)(H,49,50)/b13-10+. The summed E-state index contributed by atoms with van der Waals surface area (Å²) >= 11 is 6.10. The number of nitrogens with one attached hydrogen (secondary N) is 1. The quantitative estimate of drug-likeness (QED) is 0.244. The summed E-state index contributed by atoms with van der Waals surface area (Å²) in [7, 11) is 0. The van der Waals surface area contributed by atoms with E-state index in [0.717, 1.165) is 37.2 Å². The van der Waals surface area contributed by atoms with Crippen molar-refractivity contribution in [3.63, 3.8) is 0 Å². The number of aromatic carboxylic acids is 1. The van der Waals surface area contributed by atoms with Crippen molar-refractivity contribution in [1.29, 1.82) is 0 Å². The average molecular weight is 699 g/mol. The maximum Gasteiger partial charge on any atom is 0.335 e. The number of halogens is 2. The Morgan fingerprint density at radius 1 is 0.940 bits per heavy atom. The van der Waals surface area contributed by atoms with Gasteiger partial charge in [-0.3, -0.25) is 9.59 Å². The topological polar surface area (TPSA) is 137 Å². The number of likely N-dealkylation sites (tertiary alicyclic amines) is 1. The number of nitrogens with zero attached hydrogens (tertiary/aromatic N) is 7. The summed E-state index contributed by atoms with van der Waals surface area (Å²) in [6.45, 7) is 4.39. The monoisotopic (exact) mass is 698 g/mol. The molecule has 1 aromatic heterocycles. The molecule has 3 aliphatic rings. The molecule has 3 aromatic carbocycles. The molecular formula is C36H36ClFN8O4. The van der Waals surface area contributed by atoms with Crippen molar-refractivity contribution in [2.75, 3.05) is 42.9 Å². The highest BCUT2D eigenvalue weighted by Gasteiger charge is 2.37. The molecule has 0 radical (unpaired) electrons. The number of fused-ring (bicyclic) bond motifs is 1. The van der Waals surface area contributed by atoms with Gasteiger partial charge >= 0.3 is 5.97 Å². The van der Waals surface area contributed by atoms with Crippen molar-refractivity contribution in [2.24, 2.45) is 0 Å². The third-order valence-corrected chi connectivity index (χ3v) is 10.2. The van der Waals surface area contributed by atoms with Crippen LogP contribution in [0.25, 0.3) is 11.8 Å². The zero-order chi connectivity index (χ0) is 34.8. The minimum Gasteiger partial charge on any atom is -0.478 e. The molecular weight excluding hydrogens is 663 g/mol. The minimum absolute atomic E-state index is 0.00898. The van der Waals surface area contributed by atoms with Gasteiger partial charge in [0.25, 0.3) is 5.91 Å². The second-order valence-corrected chi connectivity index (χ2v) is 13.2. The molecule has 0 saturated carbocycles. The molecule has 2 N–H and O–H groups in total. The molecule has 1 unspecified atom stereocenters. The van der Waals surface area contributed by atoms with Crippen molar-refractivity contribution < 1.29 is 23.9 Å². The first-order chi connectivity index (χ1) is 24.3. The molecule has 50 heavy (non-hydrogen) atoms. The molecule has 4 heterocycles. The first-order valence-electron chi connectivity index (χ1n) is 16.7. The van der Waals surface area contributed by atoms with E-state index in [-0.39, 0.29) is 28.4 Å². The number of carboxylic acid groups (broad SMARTS) is 1. The Balaban J connectivity index is 1.19. The van der Waals surface area contributed by atoms with Crippen LogP contribution in [0.15, 0.2) is 67.0 Å². The van der Waals surface area contributed by atoms with E-state index in [1.54, 1.807) is 6.07 Å². The Labute approximate surface area is 293 Å². The smallest absolute Gasteiger partial charge is 0.335 e. The van der Waals surface area contributed by atoms with E-state index in [0.29, 0.717) is 23.7 Å². The lowest BCUT2D eigenvalue weighted by molar-refractivity contribution is -0.135. The highest BCUT2D eigenvalue weighted by Crippen LogP contribution is 2.38. The van der Waals surface area contributed by atoms with Gasteiger partial charge in [0, 0.05) is 48.7 Å². The number of carboxylic acids is 1. The third kappa shape index (κ3) is 6.70. The number of anilines is 2. The predicted octanol–water partition coefficient (Wildman–Crippen LogP) is 5.00. The van der Waals surface area contributed by atoms with Crippen molar-refractivity contribution in [3.8, 4) is 5.69 Å². The van der Waals surface area contributed by atoms with Gasteiger partial charge in [-0.15, -0.1) is 5.10 Å². The Bertz CT molecular complexity index is 1920.